The minimum absolute atomic E-state index is 0.0158. The van der Waals surface area contributed by atoms with Crippen molar-refractivity contribution in [2.75, 3.05) is 23.4 Å². The first-order valence-corrected chi connectivity index (χ1v) is 10.2. The van der Waals surface area contributed by atoms with Crippen LogP contribution in [0.3, 0.4) is 0 Å². The molecule has 10 nitrogen and oxygen atoms in total. The lowest BCUT2D eigenvalue weighted by Gasteiger charge is -2.27. The average Bonchev–Trinajstić information content (AvgIpc) is 2.69. The molecule has 0 fully saturated rings. The molecular formula is C20H21BrN8O2. The number of pyridine rings is 1. The van der Waals surface area contributed by atoms with E-state index in [2.05, 4.69) is 36.5 Å². The van der Waals surface area contributed by atoms with Crippen LogP contribution in [0.1, 0.15) is 43.5 Å². The summed E-state index contributed by atoms with van der Waals surface area (Å²) in [5.74, 6) is 1.56. The molecule has 0 radical (unpaired) electrons. The number of hydrogen-bond donors (Lipinski definition) is 4. The van der Waals surface area contributed by atoms with Crippen LogP contribution in [0.5, 0.6) is 11.5 Å². The molecule has 2 heterocycles. The largest absolute Gasteiger partial charge is 0.490 e. The van der Waals surface area contributed by atoms with Crippen molar-refractivity contribution in [3.05, 3.63) is 33.3 Å². The molecule has 31 heavy (non-hydrogen) atoms. The fourth-order valence-corrected chi connectivity index (χ4v) is 3.72. The number of halogens is 1. The monoisotopic (exact) mass is 484 g/mol. The number of benzene rings is 1. The molecule has 0 bridgehead atoms. The molecule has 0 amide bonds. The van der Waals surface area contributed by atoms with E-state index in [9.17, 15) is 5.26 Å². The molecule has 0 spiro atoms. The third-order valence-electron chi connectivity index (χ3n) is 4.38. The number of fused-ring (bicyclic) bond motifs is 1. The molecule has 2 aromatic rings. The number of aliphatic imine (C=N–C) groups is 1. The van der Waals surface area contributed by atoms with Crippen molar-refractivity contribution in [3.8, 4) is 23.8 Å². The van der Waals surface area contributed by atoms with E-state index in [1.165, 1.54) is 0 Å². The zero-order valence-electron chi connectivity index (χ0n) is 17.2. The number of guanidine groups is 1. The van der Waals surface area contributed by atoms with Gasteiger partial charge >= 0.3 is 0 Å². The molecule has 6 N–H and O–H groups in total. The van der Waals surface area contributed by atoms with E-state index in [-0.39, 0.29) is 29.1 Å². The van der Waals surface area contributed by atoms with Gasteiger partial charge in [-0.25, -0.2) is 9.98 Å². The second kappa shape index (κ2) is 8.98. The molecule has 1 aliphatic rings. The Morgan fingerprint density at radius 1 is 1.29 bits per heavy atom. The van der Waals surface area contributed by atoms with Crippen LogP contribution in [0.25, 0.3) is 0 Å². The van der Waals surface area contributed by atoms with E-state index < -0.39 is 6.04 Å². The van der Waals surface area contributed by atoms with Gasteiger partial charge in [-0.05, 0) is 38.5 Å². The second-order valence-corrected chi connectivity index (χ2v) is 7.68. The highest BCUT2D eigenvalue weighted by atomic mass is 79.9. The number of nitrogen functional groups attached to an aromatic ring is 2. The fraction of sp³-hybridized carbons (Fsp3) is 0.300. The van der Waals surface area contributed by atoms with Gasteiger partial charge in [-0.2, -0.15) is 10.5 Å². The normalized spacial score (nSPS) is 14.5. The number of aromatic nitrogens is 1. The lowest BCUT2D eigenvalue weighted by Crippen LogP contribution is -2.32. The summed E-state index contributed by atoms with van der Waals surface area (Å²) in [6.45, 7) is 6.15. The summed E-state index contributed by atoms with van der Waals surface area (Å²) in [5.41, 5.74) is 13.6. The summed E-state index contributed by atoms with van der Waals surface area (Å²) in [6.07, 6.45) is 1.77. The Morgan fingerprint density at radius 2 is 2.03 bits per heavy atom. The highest BCUT2D eigenvalue weighted by Gasteiger charge is 2.31. The van der Waals surface area contributed by atoms with Gasteiger partial charge in [0.25, 0.3) is 0 Å². The van der Waals surface area contributed by atoms with Gasteiger partial charge < -0.3 is 26.3 Å². The van der Waals surface area contributed by atoms with E-state index in [4.69, 9.17) is 26.2 Å². The molecule has 0 aliphatic carbocycles. The molecule has 1 atom stereocenters. The number of hydrogen-bond acceptors (Lipinski definition) is 10. The van der Waals surface area contributed by atoms with Gasteiger partial charge in [-0.1, -0.05) is 15.9 Å². The Kier molecular flexibility index (Phi) is 6.37. The number of nitrogens with two attached hydrogens (primary N) is 2. The van der Waals surface area contributed by atoms with Crippen LogP contribution in [-0.2, 0) is 0 Å². The lowest BCUT2D eigenvalue weighted by molar-refractivity contribution is 0.223. The van der Waals surface area contributed by atoms with Gasteiger partial charge in [-0.15, -0.1) is 0 Å². The van der Waals surface area contributed by atoms with Crippen molar-refractivity contribution in [3.63, 3.8) is 0 Å². The first-order chi connectivity index (χ1) is 14.8. The number of anilines is 3. The summed E-state index contributed by atoms with van der Waals surface area (Å²) in [6, 6.07) is 4.87. The van der Waals surface area contributed by atoms with E-state index in [0.717, 1.165) is 0 Å². The predicted molar refractivity (Wildman–Crippen MR) is 121 cm³/mol. The van der Waals surface area contributed by atoms with Gasteiger partial charge in [0.15, 0.2) is 17.7 Å². The van der Waals surface area contributed by atoms with Crippen molar-refractivity contribution >= 4 is 39.2 Å². The molecule has 1 aromatic carbocycles. The van der Waals surface area contributed by atoms with Gasteiger partial charge in [0.1, 0.15) is 29.3 Å². The molecule has 1 aliphatic heterocycles. The molecular weight excluding hydrogens is 464 g/mol. The number of ether oxygens (including phenoxy) is 2. The Balaban J connectivity index is 2.25. The van der Waals surface area contributed by atoms with Crippen molar-refractivity contribution in [2.45, 2.75) is 32.9 Å². The number of nitrogens with zero attached hydrogens (tertiary/aromatic N) is 4. The maximum absolute atomic E-state index is 9.48. The third-order valence-corrected chi connectivity index (χ3v) is 5.06. The van der Waals surface area contributed by atoms with Crippen LogP contribution in [0.4, 0.5) is 17.3 Å². The Labute approximate surface area is 188 Å². The molecule has 1 aromatic heterocycles. The molecule has 0 saturated heterocycles. The summed E-state index contributed by atoms with van der Waals surface area (Å²) >= 11 is 3.58. The van der Waals surface area contributed by atoms with Crippen LogP contribution in [-0.4, -0.2) is 23.7 Å². The zero-order valence-corrected chi connectivity index (χ0v) is 18.7. The van der Waals surface area contributed by atoms with Gasteiger partial charge in [-0.3, -0.25) is 5.32 Å². The van der Waals surface area contributed by atoms with E-state index in [1.54, 1.807) is 12.1 Å². The van der Waals surface area contributed by atoms with Gasteiger partial charge in [0.2, 0.25) is 5.96 Å². The highest BCUT2D eigenvalue weighted by molar-refractivity contribution is 9.10. The number of rotatable bonds is 5. The first-order valence-electron chi connectivity index (χ1n) is 9.42. The molecule has 0 saturated carbocycles. The number of nitrogens with one attached hydrogen (secondary N) is 2. The summed E-state index contributed by atoms with van der Waals surface area (Å²) < 4.78 is 12.3. The zero-order chi connectivity index (χ0) is 22.7. The quantitative estimate of drug-likeness (QED) is 0.368. The smallest absolute Gasteiger partial charge is 0.211 e. The standard InChI is InChI=1S/C20H21BrN8O2/c1-4-30-13-5-10(12(21)6-14(13)31-9(2)3)17-15-16(24)11(7-22)18(25)28-19(15)29-20(27-17)26-8-23/h5-6,9,17H,4H2,1-3H3,(H6,24,25,26,27,28,29). The van der Waals surface area contributed by atoms with Crippen molar-refractivity contribution in [1.82, 2.24) is 10.3 Å². The van der Waals surface area contributed by atoms with Crippen LogP contribution in [0.15, 0.2) is 21.6 Å². The summed E-state index contributed by atoms with van der Waals surface area (Å²) in [7, 11) is 0. The van der Waals surface area contributed by atoms with E-state index >= 15 is 0 Å². The topological polar surface area (TPSA) is 167 Å². The third kappa shape index (κ3) is 4.27. The Bertz CT molecular complexity index is 1130. The van der Waals surface area contributed by atoms with Crippen molar-refractivity contribution < 1.29 is 9.47 Å². The van der Waals surface area contributed by atoms with Gasteiger partial charge in [0.05, 0.1) is 18.4 Å². The van der Waals surface area contributed by atoms with E-state index in [0.29, 0.717) is 39.5 Å². The molecule has 11 heteroatoms. The van der Waals surface area contributed by atoms with Gasteiger partial charge in [0, 0.05) is 10.0 Å². The highest BCUT2D eigenvalue weighted by Crippen LogP contribution is 2.45. The second-order valence-electron chi connectivity index (χ2n) is 6.82. The lowest BCUT2D eigenvalue weighted by atomic mass is 9.95. The summed E-state index contributed by atoms with van der Waals surface area (Å²) in [4.78, 5) is 8.84. The average molecular weight is 485 g/mol. The molecule has 160 valence electrons. The molecule has 3 rings (SSSR count). The number of nitriles is 2. The van der Waals surface area contributed by atoms with Crippen molar-refractivity contribution in [2.24, 2.45) is 4.99 Å². The Morgan fingerprint density at radius 3 is 2.65 bits per heavy atom. The van der Waals surface area contributed by atoms with Crippen LogP contribution >= 0.6 is 15.9 Å². The Hall–Kier alpha value is -3.70. The predicted octanol–water partition coefficient (Wildman–Crippen LogP) is 3.01. The fourth-order valence-electron chi connectivity index (χ4n) is 3.18. The maximum Gasteiger partial charge on any atom is 0.211 e. The molecule has 1 unspecified atom stereocenters. The minimum Gasteiger partial charge on any atom is -0.490 e. The van der Waals surface area contributed by atoms with Crippen molar-refractivity contribution in [1.29, 1.82) is 10.5 Å². The first kappa shape index (κ1) is 22.0. The minimum atomic E-state index is -0.700. The van der Waals surface area contributed by atoms with Crippen LogP contribution in [0.2, 0.25) is 0 Å². The SMILES string of the molecule is CCOc1cc(C2N=C(NC#N)Nc3nc(N)c(C#N)c(N)c32)c(Br)cc1OC(C)C. The van der Waals surface area contributed by atoms with E-state index in [1.807, 2.05) is 33.0 Å². The summed E-state index contributed by atoms with van der Waals surface area (Å²) in [5, 5.41) is 23.9. The van der Waals surface area contributed by atoms with Crippen LogP contribution < -0.4 is 31.6 Å². The maximum atomic E-state index is 9.48. The van der Waals surface area contributed by atoms with Crippen LogP contribution in [0, 0.1) is 22.8 Å².